The summed E-state index contributed by atoms with van der Waals surface area (Å²) >= 11 is 17.9. The molecular formula is C19H16Cl3NO3. The molecule has 0 unspecified atom stereocenters. The summed E-state index contributed by atoms with van der Waals surface area (Å²) in [6.45, 7) is 3.34. The predicted molar refractivity (Wildman–Crippen MR) is 106 cm³/mol. The van der Waals surface area contributed by atoms with E-state index in [9.17, 15) is 9.59 Å². The minimum absolute atomic E-state index is 0.406. The minimum Gasteiger partial charge on any atom is -0.449 e. The standard InChI is InChI=1S/C19H16Cl3NO3/c1-11-3-7-15(10-16(11)21)23-19(25)12(2)26-18(24)8-5-13-4-6-14(20)9-17(13)22/h3-10,12H,1-2H3,(H,23,25)/b8-5+/t12-/m0/s1. The maximum Gasteiger partial charge on any atom is 0.331 e. The second kappa shape index (κ2) is 9.08. The Morgan fingerprint density at radius 3 is 2.46 bits per heavy atom. The molecule has 0 radical (unpaired) electrons. The monoisotopic (exact) mass is 411 g/mol. The SMILES string of the molecule is Cc1ccc(NC(=O)[C@H](C)OC(=O)/C=C/c2ccc(Cl)cc2Cl)cc1Cl. The minimum atomic E-state index is -0.979. The van der Waals surface area contributed by atoms with Crippen molar-refractivity contribution in [2.75, 3.05) is 5.32 Å². The molecule has 0 aliphatic carbocycles. The Balaban J connectivity index is 1.94. The van der Waals surface area contributed by atoms with Crippen molar-refractivity contribution < 1.29 is 14.3 Å². The lowest BCUT2D eigenvalue weighted by molar-refractivity contribution is -0.148. The summed E-state index contributed by atoms with van der Waals surface area (Å²) in [6, 6.07) is 10.0. The number of aryl methyl sites for hydroxylation is 1. The highest BCUT2D eigenvalue weighted by atomic mass is 35.5. The van der Waals surface area contributed by atoms with E-state index in [1.165, 1.54) is 19.1 Å². The fraction of sp³-hybridized carbons (Fsp3) is 0.158. The molecule has 2 aromatic carbocycles. The molecule has 0 saturated heterocycles. The van der Waals surface area contributed by atoms with Gasteiger partial charge < -0.3 is 10.1 Å². The van der Waals surface area contributed by atoms with E-state index in [1.54, 1.807) is 36.4 Å². The lowest BCUT2D eigenvalue weighted by Gasteiger charge is -2.13. The summed E-state index contributed by atoms with van der Waals surface area (Å²) in [6.07, 6.45) is 1.71. The fourth-order valence-corrected chi connectivity index (χ4v) is 2.63. The van der Waals surface area contributed by atoms with Crippen LogP contribution in [0.3, 0.4) is 0 Å². The van der Waals surface area contributed by atoms with Crippen molar-refractivity contribution in [3.8, 4) is 0 Å². The Morgan fingerprint density at radius 2 is 1.81 bits per heavy atom. The molecule has 7 heteroatoms. The van der Waals surface area contributed by atoms with Crippen LogP contribution in [-0.4, -0.2) is 18.0 Å². The van der Waals surface area contributed by atoms with E-state index in [4.69, 9.17) is 39.5 Å². The Hall–Kier alpha value is -2.01. The van der Waals surface area contributed by atoms with Gasteiger partial charge in [0.1, 0.15) is 0 Å². The average molecular weight is 413 g/mol. The number of carbonyl (C=O) groups is 2. The van der Waals surface area contributed by atoms with Crippen LogP contribution in [0.25, 0.3) is 6.08 Å². The summed E-state index contributed by atoms with van der Waals surface area (Å²) in [5.41, 5.74) is 2.03. The third-order valence-electron chi connectivity index (χ3n) is 3.46. The Bertz CT molecular complexity index is 865. The van der Waals surface area contributed by atoms with Crippen molar-refractivity contribution in [3.05, 3.63) is 68.7 Å². The van der Waals surface area contributed by atoms with Crippen LogP contribution in [0.4, 0.5) is 5.69 Å². The number of hydrogen-bond acceptors (Lipinski definition) is 3. The van der Waals surface area contributed by atoms with Gasteiger partial charge in [-0.15, -0.1) is 0 Å². The lowest BCUT2D eigenvalue weighted by atomic mass is 10.2. The molecule has 0 aliphatic rings. The van der Waals surface area contributed by atoms with Gasteiger partial charge in [0, 0.05) is 26.8 Å². The first-order valence-electron chi connectivity index (χ1n) is 7.67. The molecule has 2 aromatic rings. The molecule has 136 valence electrons. The highest BCUT2D eigenvalue weighted by Gasteiger charge is 2.17. The van der Waals surface area contributed by atoms with Crippen LogP contribution in [0.2, 0.25) is 15.1 Å². The number of amides is 1. The Morgan fingerprint density at radius 1 is 1.08 bits per heavy atom. The molecule has 4 nitrogen and oxygen atoms in total. The molecule has 1 amide bonds. The molecule has 2 rings (SSSR count). The number of carbonyl (C=O) groups excluding carboxylic acids is 2. The van der Waals surface area contributed by atoms with E-state index in [0.717, 1.165) is 5.56 Å². The quantitative estimate of drug-likeness (QED) is 0.518. The normalized spacial score (nSPS) is 12.0. The van der Waals surface area contributed by atoms with Crippen molar-refractivity contribution in [2.24, 2.45) is 0 Å². The van der Waals surface area contributed by atoms with Gasteiger partial charge in [-0.05, 0) is 55.3 Å². The zero-order valence-electron chi connectivity index (χ0n) is 14.1. The highest BCUT2D eigenvalue weighted by molar-refractivity contribution is 6.35. The van der Waals surface area contributed by atoms with E-state index in [1.807, 2.05) is 6.92 Å². The van der Waals surface area contributed by atoms with Gasteiger partial charge in [0.05, 0.1) is 0 Å². The van der Waals surface area contributed by atoms with E-state index < -0.39 is 18.0 Å². The number of anilines is 1. The van der Waals surface area contributed by atoms with Gasteiger partial charge in [-0.2, -0.15) is 0 Å². The molecule has 0 saturated carbocycles. The largest absolute Gasteiger partial charge is 0.449 e. The summed E-state index contributed by atoms with van der Waals surface area (Å²) in [7, 11) is 0. The van der Waals surface area contributed by atoms with Crippen LogP contribution in [0.5, 0.6) is 0 Å². The molecular weight excluding hydrogens is 397 g/mol. The van der Waals surface area contributed by atoms with Crippen LogP contribution >= 0.6 is 34.8 Å². The number of nitrogens with one attached hydrogen (secondary N) is 1. The van der Waals surface area contributed by atoms with E-state index in [-0.39, 0.29) is 0 Å². The van der Waals surface area contributed by atoms with Gasteiger partial charge >= 0.3 is 5.97 Å². The van der Waals surface area contributed by atoms with Crippen LogP contribution in [-0.2, 0) is 14.3 Å². The maximum atomic E-state index is 12.1. The molecule has 1 atom stereocenters. The summed E-state index contributed by atoms with van der Waals surface area (Å²) < 4.78 is 5.08. The third-order valence-corrected chi connectivity index (χ3v) is 4.43. The maximum absolute atomic E-state index is 12.1. The first kappa shape index (κ1) is 20.3. The number of halogens is 3. The topological polar surface area (TPSA) is 55.4 Å². The van der Waals surface area contributed by atoms with E-state index in [0.29, 0.717) is 26.3 Å². The van der Waals surface area contributed by atoms with Gasteiger partial charge in [-0.25, -0.2) is 4.79 Å². The van der Waals surface area contributed by atoms with Crippen LogP contribution in [0.15, 0.2) is 42.5 Å². The van der Waals surface area contributed by atoms with Crippen molar-refractivity contribution in [2.45, 2.75) is 20.0 Å². The van der Waals surface area contributed by atoms with Gasteiger partial charge in [-0.1, -0.05) is 46.9 Å². The average Bonchev–Trinajstić information content (AvgIpc) is 2.57. The number of esters is 1. The molecule has 26 heavy (non-hydrogen) atoms. The summed E-state index contributed by atoms with van der Waals surface area (Å²) in [4.78, 5) is 24.0. The first-order valence-corrected chi connectivity index (χ1v) is 8.80. The molecule has 0 bridgehead atoms. The number of rotatable bonds is 5. The van der Waals surface area contributed by atoms with Crippen molar-refractivity contribution >= 4 is 58.4 Å². The number of hydrogen-bond donors (Lipinski definition) is 1. The van der Waals surface area contributed by atoms with Crippen LogP contribution in [0, 0.1) is 6.92 Å². The molecule has 0 spiro atoms. The van der Waals surface area contributed by atoms with Gasteiger partial charge in [0.2, 0.25) is 0 Å². The zero-order valence-corrected chi connectivity index (χ0v) is 16.3. The fourth-order valence-electron chi connectivity index (χ4n) is 1.98. The third kappa shape index (κ3) is 5.77. The van der Waals surface area contributed by atoms with Crippen molar-refractivity contribution in [3.63, 3.8) is 0 Å². The van der Waals surface area contributed by atoms with Gasteiger partial charge in [0.15, 0.2) is 6.10 Å². The second-order valence-electron chi connectivity index (χ2n) is 5.53. The molecule has 0 heterocycles. The van der Waals surface area contributed by atoms with Gasteiger partial charge in [-0.3, -0.25) is 4.79 Å². The summed E-state index contributed by atoms with van der Waals surface area (Å²) in [5.74, 6) is -1.13. The lowest BCUT2D eigenvalue weighted by Crippen LogP contribution is -2.29. The van der Waals surface area contributed by atoms with Crippen LogP contribution < -0.4 is 5.32 Å². The second-order valence-corrected chi connectivity index (χ2v) is 6.78. The van der Waals surface area contributed by atoms with Crippen molar-refractivity contribution in [1.29, 1.82) is 0 Å². The van der Waals surface area contributed by atoms with E-state index in [2.05, 4.69) is 5.32 Å². The van der Waals surface area contributed by atoms with Crippen molar-refractivity contribution in [1.82, 2.24) is 0 Å². The number of ether oxygens (including phenoxy) is 1. The summed E-state index contributed by atoms with van der Waals surface area (Å²) in [5, 5.41) is 4.08. The van der Waals surface area contributed by atoms with Gasteiger partial charge in [0.25, 0.3) is 5.91 Å². The number of benzene rings is 2. The highest BCUT2D eigenvalue weighted by Crippen LogP contribution is 2.22. The van der Waals surface area contributed by atoms with Crippen LogP contribution in [0.1, 0.15) is 18.1 Å². The Kier molecular flexibility index (Phi) is 7.09. The van der Waals surface area contributed by atoms with E-state index >= 15 is 0 Å². The smallest absolute Gasteiger partial charge is 0.331 e. The first-order chi connectivity index (χ1) is 12.3. The Labute approximate surface area is 166 Å². The molecule has 1 N–H and O–H groups in total. The molecule has 0 aromatic heterocycles. The molecule has 0 fully saturated rings. The molecule has 0 aliphatic heterocycles. The zero-order chi connectivity index (χ0) is 19.3. The predicted octanol–water partition coefficient (Wildman–Crippen LogP) is 5.54.